The van der Waals surface area contributed by atoms with E-state index in [1.165, 1.54) is 0 Å². The number of aliphatic carboxylic acids is 1. The van der Waals surface area contributed by atoms with Crippen LogP contribution in [-0.4, -0.2) is 29.8 Å². The van der Waals surface area contributed by atoms with Crippen molar-refractivity contribution in [3.8, 4) is 5.75 Å². The van der Waals surface area contributed by atoms with Crippen molar-refractivity contribution in [3.63, 3.8) is 0 Å². The van der Waals surface area contributed by atoms with Gasteiger partial charge in [0.1, 0.15) is 5.75 Å². The van der Waals surface area contributed by atoms with E-state index >= 15 is 0 Å². The first-order valence-corrected chi connectivity index (χ1v) is 8.52. The molecule has 1 aromatic rings. The molecular weight excluding hydrogens is 308 g/mol. The maximum atomic E-state index is 12.2. The van der Waals surface area contributed by atoms with Gasteiger partial charge in [0.05, 0.1) is 18.6 Å². The summed E-state index contributed by atoms with van der Waals surface area (Å²) in [4.78, 5) is 23.1. The van der Waals surface area contributed by atoms with Gasteiger partial charge in [0.25, 0.3) is 0 Å². The maximum Gasteiger partial charge on any atom is 0.315 e. The fourth-order valence-corrected chi connectivity index (χ4v) is 3.03. The Kier molecular flexibility index (Phi) is 6.46. The quantitative estimate of drug-likeness (QED) is 0.746. The molecule has 0 aromatic heterocycles. The molecule has 0 aliphatic heterocycles. The molecule has 2 amide bonds. The largest absolute Gasteiger partial charge is 0.494 e. The summed E-state index contributed by atoms with van der Waals surface area (Å²) >= 11 is 0. The van der Waals surface area contributed by atoms with E-state index in [9.17, 15) is 9.59 Å². The van der Waals surface area contributed by atoms with E-state index in [1.807, 2.05) is 38.1 Å². The predicted octanol–water partition coefficient (Wildman–Crippen LogP) is 3.09. The van der Waals surface area contributed by atoms with E-state index in [1.54, 1.807) is 0 Å². The lowest BCUT2D eigenvalue weighted by atomic mass is 9.86. The summed E-state index contributed by atoms with van der Waals surface area (Å²) in [6, 6.07) is 7.36. The molecule has 6 nitrogen and oxygen atoms in total. The van der Waals surface area contributed by atoms with Gasteiger partial charge in [0.15, 0.2) is 0 Å². The zero-order chi connectivity index (χ0) is 17.5. The summed E-state index contributed by atoms with van der Waals surface area (Å²) in [6.07, 6.45) is 2.65. The van der Waals surface area contributed by atoms with E-state index in [0.717, 1.165) is 11.3 Å². The van der Waals surface area contributed by atoms with Crippen molar-refractivity contribution in [2.75, 3.05) is 6.61 Å². The lowest BCUT2D eigenvalue weighted by Crippen LogP contribution is -2.44. The molecule has 1 saturated carbocycles. The van der Waals surface area contributed by atoms with Crippen LogP contribution in [0.5, 0.6) is 5.75 Å². The number of nitrogens with one attached hydrogen (secondary N) is 2. The predicted molar refractivity (Wildman–Crippen MR) is 91.1 cm³/mol. The number of hydrogen-bond donors (Lipinski definition) is 3. The van der Waals surface area contributed by atoms with E-state index < -0.39 is 5.97 Å². The summed E-state index contributed by atoms with van der Waals surface area (Å²) in [6.45, 7) is 4.46. The molecule has 1 fully saturated rings. The summed E-state index contributed by atoms with van der Waals surface area (Å²) < 4.78 is 5.48. The van der Waals surface area contributed by atoms with Crippen LogP contribution in [0.2, 0.25) is 0 Å². The molecule has 0 heterocycles. The minimum atomic E-state index is -0.735. The number of urea groups is 1. The maximum absolute atomic E-state index is 12.2. The Bertz CT molecular complexity index is 568. The van der Waals surface area contributed by atoms with E-state index in [0.29, 0.717) is 32.3 Å². The van der Waals surface area contributed by atoms with Crippen LogP contribution in [0, 0.1) is 5.92 Å². The second-order valence-electron chi connectivity index (χ2n) is 6.23. The monoisotopic (exact) mass is 334 g/mol. The van der Waals surface area contributed by atoms with Crippen molar-refractivity contribution >= 4 is 12.0 Å². The third-order valence-electron chi connectivity index (χ3n) is 4.43. The van der Waals surface area contributed by atoms with Gasteiger partial charge in [-0.1, -0.05) is 12.1 Å². The highest BCUT2D eigenvalue weighted by molar-refractivity contribution is 5.75. The van der Waals surface area contributed by atoms with Gasteiger partial charge in [-0.2, -0.15) is 0 Å². The summed E-state index contributed by atoms with van der Waals surface area (Å²) in [7, 11) is 0. The van der Waals surface area contributed by atoms with Gasteiger partial charge in [-0.05, 0) is 57.2 Å². The molecule has 132 valence electrons. The van der Waals surface area contributed by atoms with Crippen LogP contribution in [0.3, 0.4) is 0 Å². The average Bonchev–Trinajstić information content (AvgIpc) is 2.55. The Labute approximate surface area is 142 Å². The van der Waals surface area contributed by atoms with Gasteiger partial charge in [0.2, 0.25) is 0 Å². The van der Waals surface area contributed by atoms with Gasteiger partial charge in [0, 0.05) is 6.04 Å². The first kappa shape index (κ1) is 18.1. The van der Waals surface area contributed by atoms with Crippen LogP contribution < -0.4 is 15.4 Å². The van der Waals surface area contributed by atoms with Crippen LogP contribution in [0.15, 0.2) is 24.3 Å². The van der Waals surface area contributed by atoms with E-state index in [-0.39, 0.29) is 24.0 Å². The van der Waals surface area contributed by atoms with Gasteiger partial charge >= 0.3 is 12.0 Å². The van der Waals surface area contributed by atoms with Crippen LogP contribution in [-0.2, 0) is 4.79 Å². The topological polar surface area (TPSA) is 87.7 Å². The number of amides is 2. The van der Waals surface area contributed by atoms with Crippen molar-refractivity contribution in [1.29, 1.82) is 0 Å². The Hall–Kier alpha value is -2.24. The number of carboxylic acids is 1. The van der Waals surface area contributed by atoms with Gasteiger partial charge in [-0.15, -0.1) is 0 Å². The second-order valence-corrected chi connectivity index (χ2v) is 6.23. The van der Waals surface area contributed by atoms with Crippen molar-refractivity contribution in [2.24, 2.45) is 5.92 Å². The first-order valence-electron chi connectivity index (χ1n) is 8.52. The van der Waals surface area contributed by atoms with Crippen LogP contribution in [0.1, 0.15) is 51.1 Å². The third-order valence-corrected chi connectivity index (χ3v) is 4.43. The zero-order valence-electron chi connectivity index (χ0n) is 14.2. The van der Waals surface area contributed by atoms with Crippen LogP contribution in [0.25, 0.3) is 0 Å². The van der Waals surface area contributed by atoms with Crippen molar-refractivity contribution in [3.05, 3.63) is 29.8 Å². The first-order chi connectivity index (χ1) is 11.5. The number of benzene rings is 1. The number of carbonyl (C=O) groups is 2. The molecule has 1 aliphatic rings. The average molecular weight is 334 g/mol. The molecular formula is C18H26N2O4. The summed E-state index contributed by atoms with van der Waals surface area (Å²) in [5.41, 5.74) is 0.977. The molecule has 0 saturated heterocycles. The van der Waals surface area contributed by atoms with Crippen molar-refractivity contribution in [2.45, 2.75) is 51.6 Å². The highest BCUT2D eigenvalue weighted by atomic mass is 16.5. The lowest BCUT2D eigenvalue weighted by molar-refractivity contribution is -0.142. The molecule has 1 atom stereocenters. The second kappa shape index (κ2) is 8.57. The Morgan fingerprint density at radius 2 is 2.00 bits per heavy atom. The normalized spacial score (nSPS) is 21.6. The van der Waals surface area contributed by atoms with Gasteiger partial charge in [-0.25, -0.2) is 4.79 Å². The fourth-order valence-electron chi connectivity index (χ4n) is 3.03. The third kappa shape index (κ3) is 5.15. The molecule has 1 aliphatic carbocycles. The molecule has 6 heteroatoms. The lowest BCUT2D eigenvalue weighted by Gasteiger charge is -2.27. The van der Waals surface area contributed by atoms with E-state index in [4.69, 9.17) is 9.84 Å². The van der Waals surface area contributed by atoms with Gasteiger partial charge in [-0.3, -0.25) is 4.79 Å². The molecule has 0 spiro atoms. The smallest absolute Gasteiger partial charge is 0.315 e. The minimum absolute atomic E-state index is 0.0440. The Morgan fingerprint density at radius 1 is 1.29 bits per heavy atom. The zero-order valence-corrected chi connectivity index (χ0v) is 14.2. The highest BCUT2D eigenvalue weighted by Gasteiger charge is 2.26. The highest BCUT2D eigenvalue weighted by Crippen LogP contribution is 2.24. The summed E-state index contributed by atoms with van der Waals surface area (Å²) in [5.74, 6) is -0.219. The number of hydrogen-bond acceptors (Lipinski definition) is 3. The standard InChI is InChI=1S/C18H26N2O4/c1-3-24-16-6-4-5-14(11-16)12(2)19-18(23)20-15-9-7-13(8-10-15)17(21)22/h4-6,11-13,15H,3,7-10H2,1-2H3,(H,21,22)(H2,19,20,23). The van der Waals surface area contributed by atoms with Crippen LogP contribution >= 0.6 is 0 Å². The Morgan fingerprint density at radius 3 is 2.62 bits per heavy atom. The van der Waals surface area contributed by atoms with E-state index in [2.05, 4.69) is 10.6 Å². The summed E-state index contributed by atoms with van der Waals surface area (Å²) in [5, 5.41) is 14.9. The SMILES string of the molecule is CCOc1cccc(C(C)NC(=O)NC2CCC(C(=O)O)CC2)c1. The minimum Gasteiger partial charge on any atom is -0.494 e. The van der Waals surface area contributed by atoms with Crippen molar-refractivity contribution < 1.29 is 19.4 Å². The fraction of sp³-hybridized carbons (Fsp3) is 0.556. The molecule has 2 rings (SSSR count). The molecule has 1 aromatic carbocycles. The van der Waals surface area contributed by atoms with Crippen molar-refractivity contribution in [1.82, 2.24) is 10.6 Å². The molecule has 0 radical (unpaired) electrons. The molecule has 1 unspecified atom stereocenters. The number of ether oxygens (including phenoxy) is 1. The van der Waals surface area contributed by atoms with Crippen LogP contribution in [0.4, 0.5) is 4.79 Å². The Balaban J connectivity index is 1.82. The number of carboxylic acid groups (broad SMARTS) is 1. The number of carbonyl (C=O) groups excluding carboxylic acids is 1. The number of rotatable bonds is 6. The van der Waals surface area contributed by atoms with Gasteiger partial charge < -0.3 is 20.5 Å². The molecule has 24 heavy (non-hydrogen) atoms. The molecule has 3 N–H and O–H groups in total. The molecule has 0 bridgehead atoms.